The van der Waals surface area contributed by atoms with Crippen molar-refractivity contribution in [2.24, 2.45) is 0 Å². The van der Waals surface area contributed by atoms with Crippen LogP contribution in [0.1, 0.15) is 49.9 Å². The van der Waals surface area contributed by atoms with Gasteiger partial charge in [-0.15, -0.1) is 0 Å². The van der Waals surface area contributed by atoms with E-state index >= 15 is 0 Å². The molecule has 12 aromatic carbocycles. The first kappa shape index (κ1) is 40.7. The first-order valence-corrected chi connectivity index (χ1v) is 24.8. The van der Waals surface area contributed by atoms with Crippen molar-refractivity contribution >= 4 is 43.1 Å². The predicted octanol–water partition coefficient (Wildman–Crippen LogP) is 19.2. The van der Waals surface area contributed by atoms with Gasteiger partial charge in [-0.3, -0.25) is 0 Å². The van der Waals surface area contributed by atoms with Crippen LogP contribution in [0.5, 0.6) is 0 Å². The Balaban J connectivity index is 0.743. The normalized spacial score (nSPS) is 13.9. The lowest BCUT2D eigenvalue weighted by Crippen LogP contribution is -2.15. The van der Waals surface area contributed by atoms with Gasteiger partial charge in [0.05, 0.1) is 0 Å². The Morgan fingerprint density at radius 2 is 0.457 bits per heavy atom. The molecule has 0 fully saturated rings. The van der Waals surface area contributed by atoms with Crippen molar-refractivity contribution in [3.8, 4) is 77.9 Å². The number of hydrogen-bond donors (Lipinski definition) is 0. The van der Waals surface area contributed by atoms with Crippen LogP contribution in [0.3, 0.4) is 0 Å². The van der Waals surface area contributed by atoms with Crippen LogP contribution >= 0.6 is 0 Å². The van der Waals surface area contributed by atoms with E-state index in [-0.39, 0.29) is 10.8 Å². The third-order valence-corrected chi connectivity index (χ3v) is 16.3. The summed E-state index contributed by atoms with van der Waals surface area (Å²) in [5.41, 5.74) is 23.2. The van der Waals surface area contributed by atoms with Crippen molar-refractivity contribution < 1.29 is 0 Å². The van der Waals surface area contributed by atoms with Gasteiger partial charge in [-0.2, -0.15) is 0 Å². The zero-order chi connectivity index (χ0) is 46.9. The highest BCUT2D eigenvalue weighted by Gasteiger charge is 2.38. The maximum Gasteiger partial charge on any atom is 0.0159 e. The van der Waals surface area contributed by atoms with Crippen LogP contribution in [-0.2, 0) is 10.8 Å². The van der Waals surface area contributed by atoms with Crippen LogP contribution in [0.4, 0.5) is 0 Å². The number of rotatable bonds is 5. The molecular formula is C70H50. The zero-order valence-corrected chi connectivity index (χ0v) is 39.9. The van der Waals surface area contributed by atoms with Gasteiger partial charge in [-0.1, -0.05) is 222 Å². The molecule has 0 aromatic heterocycles. The van der Waals surface area contributed by atoms with Crippen molar-refractivity contribution in [1.82, 2.24) is 0 Å². The van der Waals surface area contributed by atoms with Gasteiger partial charge in [0.1, 0.15) is 0 Å². The van der Waals surface area contributed by atoms with E-state index in [0.717, 1.165) is 0 Å². The topological polar surface area (TPSA) is 0 Å². The molecule has 0 radical (unpaired) electrons. The highest BCUT2D eigenvalue weighted by atomic mass is 14.4. The molecule has 0 amide bonds. The lowest BCUT2D eigenvalue weighted by molar-refractivity contribution is 0.660. The van der Waals surface area contributed by atoms with Crippen LogP contribution in [0.2, 0.25) is 0 Å². The minimum absolute atomic E-state index is 0.148. The van der Waals surface area contributed by atoms with Gasteiger partial charge in [0, 0.05) is 10.8 Å². The molecule has 0 atom stereocenters. The first-order valence-electron chi connectivity index (χ1n) is 24.8. The molecule has 14 rings (SSSR count). The minimum Gasteiger partial charge on any atom is -0.0616 e. The van der Waals surface area contributed by atoms with E-state index in [0.29, 0.717) is 0 Å². The van der Waals surface area contributed by atoms with Gasteiger partial charge in [0.25, 0.3) is 0 Å². The monoisotopic (exact) mass is 890 g/mol. The summed E-state index contributed by atoms with van der Waals surface area (Å²) < 4.78 is 0. The maximum absolute atomic E-state index is 2.47. The van der Waals surface area contributed by atoms with Gasteiger partial charge in [-0.25, -0.2) is 0 Å². The Morgan fingerprint density at radius 3 is 0.800 bits per heavy atom. The molecule has 0 heteroatoms. The molecular weight excluding hydrogens is 841 g/mol. The third-order valence-electron chi connectivity index (χ3n) is 16.3. The Labute approximate surface area is 410 Å². The van der Waals surface area contributed by atoms with Crippen LogP contribution < -0.4 is 0 Å². The van der Waals surface area contributed by atoms with E-state index < -0.39 is 0 Å². The molecule has 0 nitrogen and oxygen atoms in total. The summed E-state index contributed by atoms with van der Waals surface area (Å²) in [4.78, 5) is 0. The van der Waals surface area contributed by atoms with Crippen LogP contribution in [0.15, 0.2) is 231 Å². The fourth-order valence-electron chi connectivity index (χ4n) is 12.5. The average molecular weight is 891 g/mol. The molecule has 0 unspecified atom stereocenters. The molecule has 0 saturated carbocycles. The first-order chi connectivity index (χ1) is 34.2. The summed E-state index contributed by atoms with van der Waals surface area (Å²) >= 11 is 0. The highest BCUT2D eigenvalue weighted by Crippen LogP contribution is 2.53. The predicted molar refractivity (Wildman–Crippen MR) is 299 cm³/mol. The molecule has 0 aliphatic heterocycles. The second-order valence-electron chi connectivity index (χ2n) is 20.8. The molecule has 330 valence electrons. The Hall–Kier alpha value is -8.32. The summed E-state index contributed by atoms with van der Waals surface area (Å²) in [6.45, 7) is 9.60. The van der Waals surface area contributed by atoms with Crippen molar-refractivity contribution in [3.63, 3.8) is 0 Å². The van der Waals surface area contributed by atoms with Crippen molar-refractivity contribution in [1.29, 1.82) is 0 Å². The Kier molecular flexibility index (Phi) is 8.78. The lowest BCUT2D eigenvalue weighted by atomic mass is 9.79. The molecule has 0 heterocycles. The smallest absolute Gasteiger partial charge is 0.0159 e. The van der Waals surface area contributed by atoms with Crippen LogP contribution in [-0.4, -0.2) is 0 Å². The molecule has 70 heavy (non-hydrogen) atoms. The van der Waals surface area contributed by atoms with Gasteiger partial charge in [0.2, 0.25) is 0 Å². The van der Waals surface area contributed by atoms with Crippen LogP contribution in [0.25, 0.3) is 121 Å². The van der Waals surface area contributed by atoms with Crippen LogP contribution in [0, 0.1) is 0 Å². The summed E-state index contributed by atoms with van der Waals surface area (Å²) in [5, 5.41) is 10.3. The SMILES string of the molecule is CC1(C)c2cc(-c3ccc(-c4cc5ccccc5c5ccccc45)cc3)ccc2-c2ccc(-c3ccc4c(c3)C(C)(C)c3cc(-c5ccc(-c6cc7ccccc7c7ccccc67)cc5)ccc3-4)cc21. The lowest BCUT2D eigenvalue weighted by Gasteiger charge is -2.24. The van der Waals surface area contributed by atoms with E-state index in [9.17, 15) is 0 Å². The van der Waals surface area contributed by atoms with Gasteiger partial charge < -0.3 is 0 Å². The van der Waals surface area contributed by atoms with E-state index in [1.165, 1.54) is 143 Å². The summed E-state index contributed by atoms with van der Waals surface area (Å²) in [6.07, 6.45) is 0. The van der Waals surface area contributed by atoms with Gasteiger partial charge in [-0.05, 0) is 180 Å². The van der Waals surface area contributed by atoms with Crippen molar-refractivity contribution in [2.75, 3.05) is 0 Å². The van der Waals surface area contributed by atoms with Crippen molar-refractivity contribution in [3.05, 3.63) is 253 Å². The van der Waals surface area contributed by atoms with E-state index in [4.69, 9.17) is 0 Å². The molecule has 0 spiro atoms. The third kappa shape index (κ3) is 6.09. The fourth-order valence-corrected chi connectivity index (χ4v) is 12.5. The minimum atomic E-state index is -0.148. The molecule has 0 N–H and O–H groups in total. The molecule has 2 aliphatic rings. The largest absolute Gasteiger partial charge is 0.0616 e. The second kappa shape index (κ2) is 15.1. The van der Waals surface area contributed by atoms with Gasteiger partial charge in [0.15, 0.2) is 0 Å². The van der Waals surface area contributed by atoms with E-state index in [2.05, 4.69) is 258 Å². The summed E-state index contributed by atoms with van der Waals surface area (Å²) in [5.74, 6) is 0. The molecule has 12 aromatic rings. The molecule has 2 aliphatic carbocycles. The quantitative estimate of drug-likeness (QED) is 0.151. The van der Waals surface area contributed by atoms with E-state index in [1.807, 2.05) is 0 Å². The molecule has 0 saturated heterocycles. The maximum atomic E-state index is 2.47. The van der Waals surface area contributed by atoms with Crippen molar-refractivity contribution in [2.45, 2.75) is 38.5 Å². The standard InChI is InChI=1S/C70H50/c1-69(2)65-39-47(43-21-25-45(26-22-43)63-37-51-13-5-7-15-53(51)55-17-9-11-19-57(55)63)29-33-59(65)61-35-31-49(41-67(61)69)50-32-36-62-60-34-30-48(40-66(60)70(3,4)68(62)42-50)44-23-27-46(28-24-44)64-38-52-14-6-8-16-54(52)56-18-10-12-20-58(56)64/h5-42H,1-4H3. The number of fused-ring (bicyclic) bond motifs is 12. The number of benzene rings is 12. The Morgan fingerprint density at radius 1 is 0.200 bits per heavy atom. The number of hydrogen-bond acceptors (Lipinski definition) is 0. The average Bonchev–Trinajstić information content (AvgIpc) is 3.78. The van der Waals surface area contributed by atoms with E-state index in [1.54, 1.807) is 0 Å². The Bertz CT molecular complexity index is 3870. The highest BCUT2D eigenvalue weighted by molar-refractivity contribution is 6.15. The summed E-state index contributed by atoms with van der Waals surface area (Å²) in [7, 11) is 0. The summed E-state index contributed by atoms with van der Waals surface area (Å²) in [6, 6.07) is 86.7. The fraction of sp³-hybridized carbons (Fsp3) is 0.0857. The van der Waals surface area contributed by atoms with Gasteiger partial charge >= 0.3 is 0 Å². The zero-order valence-electron chi connectivity index (χ0n) is 39.9. The molecule has 0 bridgehead atoms. The second-order valence-corrected chi connectivity index (χ2v) is 20.8.